The van der Waals surface area contributed by atoms with E-state index >= 15 is 0 Å². The summed E-state index contributed by atoms with van der Waals surface area (Å²) in [6.45, 7) is 0. The highest BCUT2D eigenvalue weighted by Crippen LogP contribution is 2.33. The first kappa shape index (κ1) is 9.85. The summed E-state index contributed by atoms with van der Waals surface area (Å²) in [5.74, 6) is 0.825. The molecule has 0 amide bonds. The average molecular weight is 216 g/mol. The highest BCUT2D eigenvalue weighted by atomic mass is 16.5. The molecule has 0 spiro atoms. The molecule has 2 bridgehead atoms. The molecule has 3 heterocycles. The number of nitrogens with one attached hydrogen (secondary N) is 1. The molecular formula is C13H16N2O. The molecule has 3 nitrogen and oxygen atoms in total. The number of hydrogen-bond donors (Lipinski definition) is 1. The van der Waals surface area contributed by atoms with Gasteiger partial charge < -0.3 is 10.1 Å². The molecular weight excluding hydrogens is 200 g/mol. The van der Waals surface area contributed by atoms with Crippen molar-refractivity contribution in [2.75, 3.05) is 7.11 Å². The molecule has 16 heavy (non-hydrogen) atoms. The standard InChI is InChI=1S/C13H16N2O/c1-16-12-5-9(7-14-8-12)4-10-6-11-2-3-13(10)15-11/h4-5,7-8,11,13,15H,2-3,6H2,1H3/b10-4+. The predicted molar refractivity (Wildman–Crippen MR) is 63.3 cm³/mol. The van der Waals surface area contributed by atoms with Crippen LogP contribution < -0.4 is 10.1 Å². The molecule has 3 rings (SSSR count). The number of pyridine rings is 1. The van der Waals surface area contributed by atoms with E-state index in [0.717, 1.165) is 17.4 Å². The van der Waals surface area contributed by atoms with Gasteiger partial charge >= 0.3 is 0 Å². The van der Waals surface area contributed by atoms with Crippen LogP contribution in [0.25, 0.3) is 6.08 Å². The minimum Gasteiger partial charge on any atom is -0.495 e. The summed E-state index contributed by atoms with van der Waals surface area (Å²) in [6.07, 6.45) is 9.70. The Morgan fingerprint density at radius 1 is 1.44 bits per heavy atom. The Kier molecular flexibility index (Phi) is 2.40. The zero-order valence-corrected chi connectivity index (χ0v) is 9.44. The van der Waals surface area contributed by atoms with Gasteiger partial charge in [-0.2, -0.15) is 0 Å². The Morgan fingerprint density at radius 2 is 2.38 bits per heavy atom. The predicted octanol–water partition coefficient (Wildman–Crippen LogP) is 2.00. The third-order valence-electron chi connectivity index (χ3n) is 3.49. The van der Waals surface area contributed by atoms with E-state index in [1.165, 1.54) is 24.8 Å². The van der Waals surface area contributed by atoms with Crippen LogP contribution in [0.4, 0.5) is 0 Å². The number of ether oxygens (including phenoxy) is 1. The van der Waals surface area contributed by atoms with Gasteiger partial charge in [0.25, 0.3) is 0 Å². The summed E-state index contributed by atoms with van der Waals surface area (Å²) in [5, 5.41) is 3.61. The smallest absolute Gasteiger partial charge is 0.137 e. The third-order valence-corrected chi connectivity index (χ3v) is 3.49. The second kappa shape index (κ2) is 3.91. The first-order valence-corrected chi connectivity index (χ1v) is 5.81. The number of hydrogen-bond acceptors (Lipinski definition) is 3. The zero-order valence-electron chi connectivity index (χ0n) is 9.44. The SMILES string of the molecule is COc1cncc(/C=C2\CC3CCC2N3)c1. The lowest BCUT2D eigenvalue weighted by atomic mass is 9.93. The molecule has 2 saturated heterocycles. The van der Waals surface area contributed by atoms with Crippen molar-refractivity contribution in [3.05, 3.63) is 29.6 Å². The van der Waals surface area contributed by atoms with Gasteiger partial charge in [0.2, 0.25) is 0 Å². The van der Waals surface area contributed by atoms with Gasteiger partial charge in [-0.05, 0) is 30.9 Å². The molecule has 84 valence electrons. The summed E-state index contributed by atoms with van der Waals surface area (Å²) in [6, 6.07) is 3.36. The first-order valence-electron chi connectivity index (χ1n) is 5.81. The summed E-state index contributed by atoms with van der Waals surface area (Å²) in [5.41, 5.74) is 2.66. The molecule has 1 aromatic heterocycles. The maximum absolute atomic E-state index is 5.17. The topological polar surface area (TPSA) is 34.1 Å². The second-order valence-electron chi connectivity index (χ2n) is 4.58. The zero-order chi connectivity index (χ0) is 11.0. The van der Waals surface area contributed by atoms with Crippen LogP contribution in [0.15, 0.2) is 24.0 Å². The third kappa shape index (κ3) is 1.71. The Labute approximate surface area is 95.5 Å². The van der Waals surface area contributed by atoms with E-state index in [2.05, 4.69) is 16.4 Å². The van der Waals surface area contributed by atoms with Crippen LogP contribution in [0.1, 0.15) is 24.8 Å². The number of rotatable bonds is 2. The highest BCUT2D eigenvalue weighted by Gasteiger charge is 2.34. The van der Waals surface area contributed by atoms with Crippen molar-refractivity contribution in [1.82, 2.24) is 10.3 Å². The van der Waals surface area contributed by atoms with E-state index in [-0.39, 0.29) is 0 Å². The number of fused-ring (bicyclic) bond motifs is 2. The molecule has 0 radical (unpaired) electrons. The maximum Gasteiger partial charge on any atom is 0.137 e. The van der Waals surface area contributed by atoms with Crippen LogP contribution in [0.5, 0.6) is 5.75 Å². The molecule has 2 aliphatic rings. The van der Waals surface area contributed by atoms with Gasteiger partial charge in [0.15, 0.2) is 0 Å². The van der Waals surface area contributed by atoms with Crippen molar-refractivity contribution >= 4 is 6.08 Å². The normalized spacial score (nSPS) is 29.9. The van der Waals surface area contributed by atoms with Gasteiger partial charge in [0, 0.05) is 18.3 Å². The number of nitrogens with zero attached hydrogens (tertiary/aromatic N) is 1. The largest absolute Gasteiger partial charge is 0.495 e. The van der Waals surface area contributed by atoms with Crippen molar-refractivity contribution in [3.8, 4) is 5.75 Å². The van der Waals surface area contributed by atoms with Gasteiger partial charge in [0.05, 0.1) is 13.3 Å². The molecule has 1 aromatic rings. The lowest BCUT2D eigenvalue weighted by Gasteiger charge is -2.11. The van der Waals surface area contributed by atoms with Crippen molar-refractivity contribution in [1.29, 1.82) is 0 Å². The Morgan fingerprint density at radius 3 is 3.06 bits per heavy atom. The molecule has 0 aliphatic carbocycles. The monoisotopic (exact) mass is 216 g/mol. The fraction of sp³-hybridized carbons (Fsp3) is 0.462. The quantitative estimate of drug-likeness (QED) is 0.821. The Hall–Kier alpha value is -1.35. The Balaban J connectivity index is 1.85. The fourth-order valence-corrected chi connectivity index (χ4v) is 2.70. The second-order valence-corrected chi connectivity index (χ2v) is 4.58. The molecule has 2 aliphatic heterocycles. The average Bonchev–Trinajstić information content (AvgIpc) is 2.91. The van der Waals surface area contributed by atoms with E-state index in [9.17, 15) is 0 Å². The van der Waals surface area contributed by atoms with E-state index < -0.39 is 0 Å². The molecule has 0 aromatic carbocycles. The summed E-state index contributed by atoms with van der Waals surface area (Å²) < 4.78 is 5.17. The van der Waals surface area contributed by atoms with Gasteiger partial charge in [0.1, 0.15) is 5.75 Å². The van der Waals surface area contributed by atoms with Crippen LogP contribution in [0, 0.1) is 0 Å². The summed E-state index contributed by atoms with van der Waals surface area (Å²) in [4.78, 5) is 4.17. The minimum absolute atomic E-state index is 0.608. The van der Waals surface area contributed by atoms with Gasteiger partial charge in [-0.1, -0.05) is 11.6 Å². The van der Waals surface area contributed by atoms with Gasteiger partial charge in [-0.15, -0.1) is 0 Å². The lowest BCUT2D eigenvalue weighted by Crippen LogP contribution is -2.18. The van der Waals surface area contributed by atoms with E-state index in [0.29, 0.717) is 6.04 Å². The molecule has 2 unspecified atom stereocenters. The van der Waals surface area contributed by atoms with Crippen LogP contribution in [-0.4, -0.2) is 24.2 Å². The van der Waals surface area contributed by atoms with Gasteiger partial charge in [-0.3, -0.25) is 4.98 Å². The fourth-order valence-electron chi connectivity index (χ4n) is 2.70. The molecule has 2 fully saturated rings. The van der Waals surface area contributed by atoms with Crippen molar-refractivity contribution < 1.29 is 4.74 Å². The van der Waals surface area contributed by atoms with Crippen molar-refractivity contribution in [2.24, 2.45) is 0 Å². The van der Waals surface area contributed by atoms with Crippen LogP contribution in [0.2, 0.25) is 0 Å². The van der Waals surface area contributed by atoms with E-state index in [4.69, 9.17) is 4.74 Å². The van der Waals surface area contributed by atoms with Gasteiger partial charge in [-0.25, -0.2) is 0 Å². The van der Waals surface area contributed by atoms with E-state index in [1.54, 1.807) is 13.3 Å². The van der Waals surface area contributed by atoms with Crippen molar-refractivity contribution in [3.63, 3.8) is 0 Å². The Bertz CT molecular complexity index is 428. The lowest BCUT2D eigenvalue weighted by molar-refractivity contribution is 0.413. The first-order chi connectivity index (χ1) is 7.85. The van der Waals surface area contributed by atoms with Crippen LogP contribution in [-0.2, 0) is 0 Å². The maximum atomic E-state index is 5.17. The molecule has 0 saturated carbocycles. The van der Waals surface area contributed by atoms with E-state index in [1.807, 2.05) is 12.3 Å². The molecule has 1 N–H and O–H groups in total. The molecule has 2 atom stereocenters. The molecule has 3 heteroatoms. The van der Waals surface area contributed by atoms with Crippen LogP contribution in [0.3, 0.4) is 0 Å². The summed E-state index contributed by atoms with van der Waals surface area (Å²) in [7, 11) is 1.67. The van der Waals surface area contributed by atoms with Crippen molar-refractivity contribution in [2.45, 2.75) is 31.3 Å². The summed E-state index contributed by atoms with van der Waals surface area (Å²) >= 11 is 0. The number of methoxy groups -OCH3 is 1. The number of aromatic nitrogens is 1. The minimum atomic E-state index is 0.608. The highest BCUT2D eigenvalue weighted by molar-refractivity contribution is 5.56. The van der Waals surface area contributed by atoms with Crippen LogP contribution >= 0.6 is 0 Å².